The molecule has 2 heterocycles. The Labute approximate surface area is 183 Å². The molecule has 0 aliphatic heterocycles. The third-order valence-electron chi connectivity index (χ3n) is 6.48. The Hall–Kier alpha value is -1.76. The van der Waals surface area contributed by atoms with E-state index >= 15 is 0 Å². The average Bonchev–Trinajstić information content (AvgIpc) is 3.43. The van der Waals surface area contributed by atoms with E-state index in [0.717, 1.165) is 42.4 Å². The monoisotopic (exact) mass is 430 g/mol. The maximum Gasteiger partial charge on any atom is 0.233 e. The summed E-state index contributed by atoms with van der Waals surface area (Å²) in [5.74, 6) is 2.17. The molecule has 0 aromatic carbocycles. The number of hydrogen-bond donors (Lipinski definition) is 0. The highest BCUT2D eigenvalue weighted by molar-refractivity contribution is 7.99. The third-order valence-corrected chi connectivity index (χ3v) is 7.41. The molecule has 2 aromatic heterocycles. The van der Waals surface area contributed by atoms with Crippen LogP contribution in [-0.2, 0) is 4.79 Å². The highest BCUT2D eigenvalue weighted by Gasteiger charge is 2.29. The van der Waals surface area contributed by atoms with E-state index < -0.39 is 0 Å². The van der Waals surface area contributed by atoms with Crippen LogP contribution in [0.1, 0.15) is 84.1 Å². The summed E-state index contributed by atoms with van der Waals surface area (Å²) in [4.78, 5) is 15.3. The van der Waals surface area contributed by atoms with Crippen molar-refractivity contribution in [1.82, 2.24) is 19.7 Å². The van der Waals surface area contributed by atoms with E-state index in [9.17, 15) is 4.79 Å². The molecular weight excluding hydrogens is 396 g/mol. The number of rotatable bonds is 7. The van der Waals surface area contributed by atoms with Crippen molar-refractivity contribution in [2.45, 2.75) is 101 Å². The minimum absolute atomic E-state index is 0.222. The van der Waals surface area contributed by atoms with E-state index in [1.54, 1.807) is 6.26 Å². The summed E-state index contributed by atoms with van der Waals surface area (Å²) in [5.41, 5.74) is 0. The molecule has 30 heavy (non-hydrogen) atoms. The van der Waals surface area contributed by atoms with Gasteiger partial charge in [-0.2, -0.15) is 0 Å². The van der Waals surface area contributed by atoms with Gasteiger partial charge in [-0.1, -0.05) is 50.3 Å². The Kier molecular flexibility index (Phi) is 7.18. The summed E-state index contributed by atoms with van der Waals surface area (Å²) in [6.07, 6.45) is 13.7. The number of thioether (sulfide) groups is 1. The predicted molar refractivity (Wildman–Crippen MR) is 119 cm³/mol. The van der Waals surface area contributed by atoms with Crippen LogP contribution in [0.15, 0.2) is 28.0 Å². The molecular formula is C23H34N4O2S. The predicted octanol–water partition coefficient (Wildman–Crippen LogP) is 5.71. The Bertz CT molecular complexity index is 805. The molecule has 0 atom stereocenters. The number of nitrogens with zero attached hydrogens (tertiary/aromatic N) is 4. The molecule has 0 radical (unpaired) electrons. The van der Waals surface area contributed by atoms with Crippen molar-refractivity contribution in [3.8, 4) is 11.6 Å². The standard InChI is InChI=1S/C23H34N4O2S/c1-17(2)26(18-10-5-3-6-11-18)21(28)16-30-23-25-24-22(20-14-9-15-29-20)27(23)19-12-7-4-8-13-19/h9,14-15,17-19H,3-8,10-13,16H2,1-2H3. The molecule has 2 aliphatic carbocycles. The van der Waals surface area contributed by atoms with Crippen LogP contribution in [0.4, 0.5) is 0 Å². The Morgan fingerprint density at radius 3 is 2.47 bits per heavy atom. The van der Waals surface area contributed by atoms with Crippen molar-refractivity contribution >= 4 is 17.7 Å². The fraction of sp³-hybridized carbons (Fsp3) is 0.696. The van der Waals surface area contributed by atoms with Gasteiger partial charge >= 0.3 is 0 Å². The summed E-state index contributed by atoms with van der Waals surface area (Å²) in [6, 6.07) is 4.83. The summed E-state index contributed by atoms with van der Waals surface area (Å²) < 4.78 is 7.86. The number of amides is 1. The van der Waals surface area contributed by atoms with Gasteiger partial charge < -0.3 is 9.32 Å². The van der Waals surface area contributed by atoms with Crippen molar-refractivity contribution in [3.05, 3.63) is 18.4 Å². The van der Waals surface area contributed by atoms with Crippen LogP contribution in [0, 0.1) is 0 Å². The van der Waals surface area contributed by atoms with Gasteiger partial charge in [-0.15, -0.1) is 10.2 Å². The van der Waals surface area contributed by atoms with E-state index in [1.165, 1.54) is 50.3 Å². The molecule has 0 bridgehead atoms. The van der Waals surface area contributed by atoms with Crippen molar-refractivity contribution < 1.29 is 9.21 Å². The number of carbonyl (C=O) groups is 1. The zero-order chi connectivity index (χ0) is 20.9. The Morgan fingerprint density at radius 2 is 1.83 bits per heavy atom. The minimum atomic E-state index is 0.222. The summed E-state index contributed by atoms with van der Waals surface area (Å²) in [7, 11) is 0. The Morgan fingerprint density at radius 1 is 1.13 bits per heavy atom. The molecule has 0 N–H and O–H groups in total. The molecule has 2 fully saturated rings. The lowest BCUT2D eigenvalue weighted by Crippen LogP contribution is -2.46. The highest BCUT2D eigenvalue weighted by atomic mass is 32.2. The van der Waals surface area contributed by atoms with E-state index in [0.29, 0.717) is 17.8 Å². The second-order valence-electron chi connectivity index (χ2n) is 8.92. The van der Waals surface area contributed by atoms with Crippen LogP contribution in [0.5, 0.6) is 0 Å². The Balaban J connectivity index is 1.51. The van der Waals surface area contributed by atoms with Gasteiger partial charge in [0.25, 0.3) is 0 Å². The van der Waals surface area contributed by atoms with Gasteiger partial charge in [-0.3, -0.25) is 9.36 Å². The van der Waals surface area contributed by atoms with Crippen LogP contribution in [0.2, 0.25) is 0 Å². The molecule has 0 unspecified atom stereocenters. The fourth-order valence-electron chi connectivity index (χ4n) is 5.09. The lowest BCUT2D eigenvalue weighted by molar-refractivity contribution is -0.133. The zero-order valence-corrected chi connectivity index (χ0v) is 19.1. The van der Waals surface area contributed by atoms with Gasteiger partial charge in [-0.25, -0.2) is 0 Å². The lowest BCUT2D eigenvalue weighted by atomic mass is 9.93. The van der Waals surface area contributed by atoms with Gasteiger partial charge in [0.2, 0.25) is 11.7 Å². The van der Waals surface area contributed by atoms with Crippen LogP contribution < -0.4 is 0 Å². The van der Waals surface area contributed by atoms with E-state index in [4.69, 9.17) is 4.42 Å². The lowest BCUT2D eigenvalue weighted by Gasteiger charge is -2.37. The molecule has 0 saturated heterocycles. The van der Waals surface area contributed by atoms with Crippen molar-refractivity contribution in [2.75, 3.05) is 5.75 Å². The quantitative estimate of drug-likeness (QED) is 0.527. The van der Waals surface area contributed by atoms with Crippen molar-refractivity contribution in [2.24, 2.45) is 0 Å². The first-order valence-corrected chi connectivity index (χ1v) is 12.6. The van der Waals surface area contributed by atoms with Crippen molar-refractivity contribution in [1.29, 1.82) is 0 Å². The number of furan rings is 1. The summed E-state index contributed by atoms with van der Waals surface area (Å²) in [5, 5.41) is 9.78. The molecule has 1 amide bonds. The molecule has 164 valence electrons. The number of carbonyl (C=O) groups excluding carboxylic acids is 1. The normalized spacial score (nSPS) is 18.8. The van der Waals surface area contributed by atoms with E-state index in [2.05, 4.69) is 33.5 Å². The highest BCUT2D eigenvalue weighted by Crippen LogP contribution is 2.36. The first-order valence-electron chi connectivity index (χ1n) is 11.6. The SMILES string of the molecule is CC(C)N(C(=O)CSc1nnc(-c2ccco2)n1C1CCCCC1)C1CCCCC1. The summed E-state index contributed by atoms with van der Waals surface area (Å²) >= 11 is 1.53. The molecule has 7 heteroatoms. The second kappa shape index (κ2) is 10.0. The fourth-order valence-corrected chi connectivity index (χ4v) is 5.97. The first-order chi connectivity index (χ1) is 14.6. The third kappa shape index (κ3) is 4.76. The second-order valence-corrected chi connectivity index (χ2v) is 9.86. The van der Waals surface area contributed by atoms with Gasteiger partial charge in [0.1, 0.15) is 0 Å². The molecule has 6 nitrogen and oxygen atoms in total. The van der Waals surface area contributed by atoms with Crippen LogP contribution in [0.25, 0.3) is 11.6 Å². The van der Waals surface area contributed by atoms with Gasteiger partial charge in [0.15, 0.2) is 10.9 Å². The number of hydrogen-bond acceptors (Lipinski definition) is 5. The van der Waals surface area contributed by atoms with Crippen molar-refractivity contribution in [3.63, 3.8) is 0 Å². The number of aromatic nitrogens is 3. The van der Waals surface area contributed by atoms with Crippen LogP contribution >= 0.6 is 11.8 Å². The van der Waals surface area contributed by atoms with Crippen LogP contribution in [0.3, 0.4) is 0 Å². The van der Waals surface area contributed by atoms with Gasteiger partial charge in [-0.05, 0) is 51.7 Å². The van der Waals surface area contributed by atoms with E-state index in [-0.39, 0.29) is 11.9 Å². The van der Waals surface area contributed by atoms with Crippen LogP contribution in [-0.4, -0.2) is 43.4 Å². The molecule has 2 saturated carbocycles. The minimum Gasteiger partial charge on any atom is -0.461 e. The maximum atomic E-state index is 13.2. The van der Waals surface area contributed by atoms with E-state index in [1.807, 2.05) is 12.1 Å². The molecule has 2 aromatic rings. The summed E-state index contributed by atoms with van der Waals surface area (Å²) in [6.45, 7) is 4.27. The van der Waals surface area contributed by atoms with Gasteiger partial charge in [0.05, 0.1) is 12.0 Å². The topological polar surface area (TPSA) is 64.2 Å². The first kappa shape index (κ1) is 21.5. The van der Waals surface area contributed by atoms with Gasteiger partial charge in [0, 0.05) is 18.1 Å². The smallest absolute Gasteiger partial charge is 0.233 e. The average molecular weight is 431 g/mol. The largest absolute Gasteiger partial charge is 0.461 e. The molecule has 0 spiro atoms. The zero-order valence-electron chi connectivity index (χ0n) is 18.3. The maximum absolute atomic E-state index is 13.2. The molecule has 4 rings (SSSR count). The molecule has 2 aliphatic rings.